The average Bonchev–Trinajstić information content (AvgIpc) is 2.42. The van der Waals surface area contributed by atoms with E-state index in [2.05, 4.69) is 32.2 Å². The fourth-order valence-electron chi connectivity index (χ4n) is 2.73. The fourth-order valence-corrected chi connectivity index (χ4v) is 5.27. The van der Waals surface area contributed by atoms with Crippen molar-refractivity contribution in [1.82, 2.24) is 0 Å². The smallest absolute Gasteiger partial charge is 0.138 e. The van der Waals surface area contributed by atoms with Gasteiger partial charge in [0, 0.05) is 0 Å². The summed E-state index contributed by atoms with van der Waals surface area (Å²) in [6, 6.07) is 3.67. The van der Waals surface area contributed by atoms with E-state index in [1.165, 1.54) is 37.4 Å². The predicted molar refractivity (Wildman–Crippen MR) is 76.6 cm³/mol. The van der Waals surface area contributed by atoms with Crippen LogP contribution in [0.15, 0.2) is 0 Å². The normalized spacial score (nSPS) is 19.2. The molecule has 0 amide bonds. The van der Waals surface area contributed by atoms with Gasteiger partial charge in [0.15, 0.2) is 0 Å². The molecule has 1 rings (SSSR count). The van der Waals surface area contributed by atoms with Gasteiger partial charge in [0.05, 0.1) is 5.41 Å². The first-order chi connectivity index (χ1) is 8.16. The maximum absolute atomic E-state index is 11.4. The lowest BCUT2D eigenvalue weighted by Crippen LogP contribution is -2.31. The van der Waals surface area contributed by atoms with Crippen molar-refractivity contribution in [2.45, 2.75) is 71.0 Å². The van der Waals surface area contributed by atoms with Crippen LogP contribution in [0.4, 0.5) is 0 Å². The number of aldehydes is 1. The molecule has 0 N–H and O–H groups in total. The van der Waals surface area contributed by atoms with Crippen molar-refractivity contribution < 1.29 is 4.79 Å². The van der Waals surface area contributed by atoms with Crippen molar-refractivity contribution in [2.75, 3.05) is 0 Å². The van der Waals surface area contributed by atoms with Crippen LogP contribution in [-0.4, -0.2) is 14.4 Å². The van der Waals surface area contributed by atoms with E-state index in [9.17, 15) is 4.79 Å². The summed E-state index contributed by atoms with van der Waals surface area (Å²) in [5, 5.41) is 0. The zero-order chi connectivity index (χ0) is 12.8. The second kappa shape index (κ2) is 6.40. The molecule has 0 unspecified atom stereocenters. The molecule has 96 valence electrons. The highest BCUT2D eigenvalue weighted by molar-refractivity contribution is 6.87. The van der Waals surface area contributed by atoms with E-state index < -0.39 is 8.07 Å². The van der Waals surface area contributed by atoms with Gasteiger partial charge >= 0.3 is 0 Å². The summed E-state index contributed by atoms with van der Waals surface area (Å²) in [7, 11) is -1.38. The minimum absolute atomic E-state index is 0.282. The van der Waals surface area contributed by atoms with E-state index in [0.717, 1.165) is 19.1 Å². The van der Waals surface area contributed by atoms with Crippen LogP contribution in [0, 0.1) is 16.9 Å². The summed E-state index contributed by atoms with van der Waals surface area (Å²) in [5.74, 6) is 3.42. The lowest BCUT2D eigenvalue weighted by molar-refractivity contribution is -0.114. The monoisotopic (exact) mass is 250 g/mol. The van der Waals surface area contributed by atoms with Crippen molar-refractivity contribution in [3.05, 3.63) is 0 Å². The molecule has 1 nitrogen and oxygen atoms in total. The Labute approximate surface area is 107 Å². The third kappa shape index (κ3) is 3.45. The standard InChI is InChI=1S/C15H26OSi/c1-4-17(5-2,6-3)13-12-15(14-16)10-8-7-9-11-15/h14H,4-11H2,1-3H3. The van der Waals surface area contributed by atoms with Crippen LogP contribution < -0.4 is 0 Å². The Morgan fingerprint density at radius 1 is 1.06 bits per heavy atom. The van der Waals surface area contributed by atoms with Gasteiger partial charge in [-0.25, -0.2) is 0 Å². The summed E-state index contributed by atoms with van der Waals surface area (Å²) in [4.78, 5) is 11.4. The van der Waals surface area contributed by atoms with E-state index >= 15 is 0 Å². The maximum Gasteiger partial charge on any atom is 0.138 e. The Bertz CT molecular complexity index is 292. The highest BCUT2D eigenvalue weighted by atomic mass is 28.3. The zero-order valence-electron chi connectivity index (χ0n) is 11.6. The predicted octanol–water partition coefficient (Wildman–Crippen LogP) is 4.19. The number of hydrogen-bond acceptors (Lipinski definition) is 1. The number of carbonyl (C=O) groups is 1. The molecular weight excluding hydrogens is 224 g/mol. The Morgan fingerprint density at radius 2 is 1.59 bits per heavy atom. The van der Waals surface area contributed by atoms with E-state index in [-0.39, 0.29) is 5.41 Å². The van der Waals surface area contributed by atoms with E-state index in [4.69, 9.17) is 0 Å². The summed E-state index contributed by atoms with van der Waals surface area (Å²) in [5.41, 5.74) is 3.32. The van der Waals surface area contributed by atoms with Gasteiger partial charge in [-0.1, -0.05) is 46.0 Å². The summed E-state index contributed by atoms with van der Waals surface area (Å²) < 4.78 is 0. The Balaban J connectivity index is 2.89. The molecule has 2 heteroatoms. The van der Waals surface area contributed by atoms with Gasteiger partial charge in [-0.3, -0.25) is 0 Å². The Kier molecular flexibility index (Phi) is 5.46. The van der Waals surface area contributed by atoms with Crippen molar-refractivity contribution in [1.29, 1.82) is 0 Å². The van der Waals surface area contributed by atoms with Gasteiger partial charge in [0.2, 0.25) is 0 Å². The first-order valence-electron chi connectivity index (χ1n) is 7.16. The molecule has 0 aromatic rings. The van der Waals surface area contributed by atoms with Crippen molar-refractivity contribution in [3.8, 4) is 11.5 Å². The van der Waals surface area contributed by atoms with Crippen molar-refractivity contribution in [3.63, 3.8) is 0 Å². The van der Waals surface area contributed by atoms with Crippen molar-refractivity contribution >= 4 is 14.4 Å². The molecule has 0 radical (unpaired) electrons. The van der Waals surface area contributed by atoms with E-state index in [1.807, 2.05) is 0 Å². The molecule has 0 atom stereocenters. The minimum atomic E-state index is -1.38. The first-order valence-corrected chi connectivity index (χ1v) is 9.78. The maximum atomic E-state index is 11.4. The minimum Gasteiger partial charge on any atom is -0.302 e. The second-order valence-corrected chi connectivity index (χ2v) is 10.4. The molecule has 1 aliphatic carbocycles. The lowest BCUT2D eigenvalue weighted by atomic mass is 9.76. The van der Waals surface area contributed by atoms with Crippen LogP contribution in [0.5, 0.6) is 0 Å². The molecule has 0 saturated heterocycles. The van der Waals surface area contributed by atoms with Crippen molar-refractivity contribution in [2.24, 2.45) is 5.41 Å². The highest BCUT2D eigenvalue weighted by Gasteiger charge is 2.31. The largest absolute Gasteiger partial charge is 0.302 e. The highest BCUT2D eigenvalue weighted by Crippen LogP contribution is 2.34. The van der Waals surface area contributed by atoms with E-state index in [0.29, 0.717) is 0 Å². The first kappa shape index (κ1) is 14.5. The summed E-state index contributed by atoms with van der Waals surface area (Å²) in [6.07, 6.45) is 6.74. The van der Waals surface area contributed by atoms with Crippen LogP contribution in [-0.2, 0) is 4.79 Å². The van der Waals surface area contributed by atoms with Gasteiger partial charge in [-0.05, 0) is 31.0 Å². The van der Waals surface area contributed by atoms with Gasteiger partial charge < -0.3 is 4.79 Å². The SMILES string of the molecule is CC[Si](C#CC1(C=O)CCCCC1)(CC)CC. The molecule has 1 saturated carbocycles. The van der Waals surface area contributed by atoms with Crippen LogP contribution in [0.3, 0.4) is 0 Å². The molecular formula is C15H26OSi. The molecule has 1 aliphatic rings. The van der Waals surface area contributed by atoms with Crippen LogP contribution in [0.1, 0.15) is 52.9 Å². The van der Waals surface area contributed by atoms with E-state index in [1.54, 1.807) is 0 Å². The van der Waals surface area contributed by atoms with Gasteiger partial charge in [0.25, 0.3) is 0 Å². The van der Waals surface area contributed by atoms with Crippen LogP contribution in [0.2, 0.25) is 18.1 Å². The zero-order valence-corrected chi connectivity index (χ0v) is 12.6. The average molecular weight is 250 g/mol. The third-order valence-electron chi connectivity index (χ3n) is 4.58. The topological polar surface area (TPSA) is 17.1 Å². The Morgan fingerprint density at radius 3 is 2.00 bits per heavy atom. The number of carbonyl (C=O) groups excluding carboxylic acids is 1. The van der Waals surface area contributed by atoms with Crippen LogP contribution >= 0.6 is 0 Å². The quantitative estimate of drug-likeness (QED) is 0.415. The molecule has 0 aliphatic heterocycles. The summed E-state index contributed by atoms with van der Waals surface area (Å²) in [6.45, 7) is 6.80. The summed E-state index contributed by atoms with van der Waals surface area (Å²) >= 11 is 0. The molecule has 0 aromatic carbocycles. The third-order valence-corrected chi connectivity index (χ3v) is 9.29. The van der Waals surface area contributed by atoms with Gasteiger partial charge in [-0.15, -0.1) is 5.54 Å². The number of hydrogen-bond donors (Lipinski definition) is 0. The Hall–Kier alpha value is -0.553. The van der Waals surface area contributed by atoms with Crippen LogP contribution in [0.25, 0.3) is 0 Å². The molecule has 17 heavy (non-hydrogen) atoms. The lowest BCUT2D eigenvalue weighted by Gasteiger charge is -2.28. The molecule has 0 aromatic heterocycles. The molecule has 0 bridgehead atoms. The number of rotatable bonds is 4. The molecule has 0 heterocycles. The second-order valence-electron chi connectivity index (χ2n) is 5.43. The fraction of sp³-hybridized carbons (Fsp3) is 0.800. The molecule has 1 fully saturated rings. The van der Waals surface area contributed by atoms with Gasteiger partial charge in [0.1, 0.15) is 14.4 Å². The molecule has 0 spiro atoms. The van der Waals surface area contributed by atoms with Gasteiger partial charge in [-0.2, -0.15) is 0 Å².